The number of sulfonamides is 1. The first-order valence-electron chi connectivity index (χ1n) is 6.09. The van der Waals surface area contributed by atoms with Gasteiger partial charge in [-0.1, -0.05) is 12.8 Å². The zero-order valence-electron chi connectivity index (χ0n) is 10.6. The number of ether oxygens (including phenoxy) is 1. The number of nitrogens with two attached hydrogens (primary N) is 1. The van der Waals surface area contributed by atoms with E-state index in [2.05, 4.69) is 20.7 Å². The van der Waals surface area contributed by atoms with Gasteiger partial charge in [0.2, 0.25) is 10.0 Å². The standard InChI is InChI=1S/C12H17BrN2O3S/c1-18-11-6-9(13)10(14)7-12(11)19(16,17)15-8-4-2-3-5-8/h6-8,15H,2-5,14H2,1H3. The normalized spacial score (nSPS) is 16.7. The van der Waals surface area contributed by atoms with Crippen LogP contribution in [0, 0.1) is 0 Å². The maximum absolute atomic E-state index is 12.4. The summed E-state index contributed by atoms with van der Waals surface area (Å²) in [7, 11) is -2.16. The molecule has 0 saturated heterocycles. The van der Waals surface area contributed by atoms with Gasteiger partial charge in [-0.05, 0) is 40.9 Å². The third kappa shape index (κ3) is 3.21. The Bertz CT molecular complexity index is 569. The van der Waals surface area contributed by atoms with Gasteiger partial charge in [-0.15, -0.1) is 0 Å². The average molecular weight is 349 g/mol. The van der Waals surface area contributed by atoms with Gasteiger partial charge < -0.3 is 10.5 Å². The maximum Gasteiger partial charge on any atom is 0.244 e. The molecule has 0 atom stereocenters. The Morgan fingerprint density at radius 2 is 2.00 bits per heavy atom. The quantitative estimate of drug-likeness (QED) is 0.817. The number of nitrogen functional groups attached to an aromatic ring is 1. The van der Waals surface area contributed by atoms with Gasteiger partial charge >= 0.3 is 0 Å². The van der Waals surface area contributed by atoms with E-state index in [1.807, 2.05) is 0 Å². The lowest BCUT2D eigenvalue weighted by atomic mass is 10.3. The number of methoxy groups -OCH3 is 1. The van der Waals surface area contributed by atoms with E-state index < -0.39 is 10.0 Å². The molecule has 0 spiro atoms. The van der Waals surface area contributed by atoms with Gasteiger partial charge in [0.1, 0.15) is 10.6 Å². The van der Waals surface area contributed by atoms with Gasteiger partial charge in [0.25, 0.3) is 0 Å². The number of hydrogen-bond donors (Lipinski definition) is 2. The van der Waals surface area contributed by atoms with Crippen molar-refractivity contribution in [2.45, 2.75) is 36.6 Å². The highest BCUT2D eigenvalue weighted by Gasteiger charge is 2.26. The average Bonchev–Trinajstić information content (AvgIpc) is 2.84. The minimum Gasteiger partial charge on any atom is -0.495 e. The molecule has 0 amide bonds. The van der Waals surface area contributed by atoms with Crippen LogP contribution in [0.3, 0.4) is 0 Å². The molecule has 19 heavy (non-hydrogen) atoms. The van der Waals surface area contributed by atoms with Crippen molar-refractivity contribution in [1.29, 1.82) is 0 Å². The molecular weight excluding hydrogens is 332 g/mol. The number of nitrogens with one attached hydrogen (secondary N) is 1. The van der Waals surface area contributed by atoms with Crippen LogP contribution in [0.4, 0.5) is 5.69 Å². The van der Waals surface area contributed by atoms with Gasteiger partial charge in [-0.25, -0.2) is 13.1 Å². The lowest BCUT2D eigenvalue weighted by molar-refractivity contribution is 0.402. The van der Waals surface area contributed by atoms with Gasteiger partial charge in [-0.3, -0.25) is 0 Å². The molecule has 0 bridgehead atoms. The minimum atomic E-state index is -3.60. The lowest BCUT2D eigenvalue weighted by Crippen LogP contribution is -2.32. The van der Waals surface area contributed by atoms with Gasteiger partial charge in [0, 0.05) is 16.2 Å². The minimum absolute atomic E-state index is 0.0135. The highest BCUT2D eigenvalue weighted by atomic mass is 79.9. The molecule has 0 unspecified atom stereocenters. The van der Waals surface area contributed by atoms with E-state index >= 15 is 0 Å². The summed E-state index contributed by atoms with van der Waals surface area (Å²) in [5, 5.41) is 0. The predicted molar refractivity (Wildman–Crippen MR) is 77.7 cm³/mol. The maximum atomic E-state index is 12.4. The van der Waals surface area contributed by atoms with Crippen molar-refractivity contribution in [3.63, 3.8) is 0 Å². The Morgan fingerprint density at radius 3 is 2.58 bits per heavy atom. The third-order valence-corrected chi connectivity index (χ3v) is 5.48. The number of anilines is 1. The van der Waals surface area contributed by atoms with Gasteiger partial charge in [-0.2, -0.15) is 0 Å². The topological polar surface area (TPSA) is 81.4 Å². The summed E-state index contributed by atoms with van der Waals surface area (Å²) in [6.07, 6.45) is 3.89. The first kappa shape index (κ1) is 14.6. The molecule has 3 N–H and O–H groups in total. The van der Waals surface area contributed by atoms with Crippen molar-refractivity contribution in [1.82, 2.24) is 4.72 Å². The van der Waals surface area contributed by atoms with Crippen LogP contribution in [-0.4, -0.2) is 21.6 Å². The van der Waals surface area contributed by atoms with Crippen molar-refractivity contribution in [3.05, 3.63) is 16.6 Å². The molecule has 5 nitrogen and oxygen atoms in total. The molecule has 1 aliphatic carbocycles. The van der Waals surface area contributed by atoms with E-state index in [1.165, 1.54) is 13.2 Å². The molecule has 0 radical (unpaired) electrons. The van der Waals surface area contributed by atoms with Crippen LogP contribution in [-0.2, 0) is 10.0 Å². The van der Waals surface area contributed by atoms with Crippen molar-refractivity contribution in [3.8, 4) is 5.75 Å². The second kappa shape index (κ2) is 5.68. The molecule has 1 aromatic rings. The predicted octanol–water partition coefficient (Wildman–Crippen LogP) is 2.26. The molecule has 2 rings (SSSR count). The number of benzene rings is 1. The van der Waals surface area contributed by atoms with Crippen molar-refractivity contribution >= 4 is 31.6 Å². The summed E-state index contributed by atoms with van der Waals surface area (Å²) in [6, 6.07) is 3.00. The Hall–Kier alpha value is -0.790. The molecule has 0 aliphatic heterocycles. The summed E-state index contributed by atoms with van der Waals surface area (Å²) in [5.41, 5.74) is 6.12. The molecule has 0 aromatic heterocycles. The molecule has 0 heterocycles. The van der Waals surface area contributed by atoms with Crippen LogP contribution in [0.5, 0.6) is 5.75 Å². The van der Waals surface area contributed by atoms with E-state index in [0.29, 0.717) is 10.2 Å². The SMILES string of the molecule is COc1cc(Br)c(N)cc1S(=O)(=O)NC1CCCC1. The Kier molecular flexibility index (Phi) is 4.37. The van der Waals surface area contributed by atoms with E-state index in [-0.39, 0.29) is 16.7 Å². The second-order valence-corrected chi connectivity index (χ2v) is 7.16. The third-order valence-electron chi connectivity index (χ3n) is 3.25. The largest absolute Gasteiger partial charge is 0.495 e. The summed E-state index contributed by atoms with van der Waals surface area (Å²) in [4.78, 5) is 0.0857. The fourth-order valence-electron chi connectivity index (χ4n) is 2.25. The summed E-state index contributed by atoms with van der Waals surface area (Å²) in [5.74, 6) is 0.284. The Labute approximate surface area is 121 Å². The molecule has 1 fully saturated rings. The van der Waals surface area contributed by atoms with Crippen LogP contribution in [0.2, 0.25) is 0 Å². The molecule has 7 heteroatoms. The van der Waals surface area contributed by atoms with E-state index in [4.69, 9.17) is 10.5 Å². The highest BCUT2D eigenvalue weighted by molar-refractivity contribution is 9.10. The van der Waals surface area contributed by atoms with Gasteiger partial charge in [0.15, 0.2) is 0 Å². The number of halogens is 1. The fourth-order valence-corrected chi connectivity index (χ4v) is 4.06. The smallest absolute Gasteiger partial charge is 0.244 e. The summed E-state index contributed by atoms with van der Waals surface area (Å²) in [6.45, 7) is 0. The van der Waals surface area contributed by atoms with Crippen molar-refractivity contribution in [2.24, 2.45) is 0 Å². The molecule has 1 aliphatic rings. The molecule has 106 valence electrons. The van der Waals surface area contributed by atoms with E-state index in [1.54, 1.807) is 6.07 Å². The van der Waals surface area contributed by atoms with Crippen LogP contribution in [0.1, 0.15) is 25.7 Å². The number of rotatable bonds is 4. The fraction of sp³-hybridized carbons (Fsp3) is 0.500. The molecular formula is C12H17BrN2O3S. The lowest BCUT2D eigenvalue weighted by Gasteiger charge is -2.15. The first-order valence-corrected chi connectivity index (χ1v) is 8.37. The van der Waals surface area contributed by atoms with Crippen LogP contribution in [0.15, 0.2) is 21.5 Å². The first-order chi connectivity index (χ1) is 8.94. The second-order valence-electron chi connectivity index (χ2n) is 4.63. The summed E-state index contributed by atoms with van der Waals surface area (Å²) < 4.78 is 33.2. The van der Waals surface area contributed by atoms with Crippen molar-refractivity contribution < 1.29 is 13.2 Å². The van der Waals surface area contributed by atoms with E-state index in [9.17, 15) is 8.42 Å². The molecule has 1 saturated carbocycles. The monoisotopic (exact) mass is 348 g/mol. The van der Waals surface area contributed by atoms with Crippen LogP contribution >= 0.6 is 15.9 Å². The van der Waals surface area contributed by atoms with E-state index in [0.717, 1.165) is 25.7 Å². The van der Waals surface area contributed by atoms with Gasteiger partial charge in [0.05, 0.1) is 7.11 Å². The highest BCUT2D eigenvalue weighted by Crippen LogP contribution is 2.33. The molecule has 1 aromatic carbocycles. The number of hydrogen-bond acceptors (Lipinski definition) is 4. The Balaban J connectivity index is 2.36. The van der Waals surface area contributed by atoms with Crippen LogP contribution < -0.4 is 15.2 Å². The van der Waals surface area contributed by atoms with Crippen LogP contribution in [0.25, 0.3) is 0 Å². The van der Waals surface area contributed by atoms with Crippen molar-refractivity contribution in [2.75, 3.05) is 12.8 Å². The zero-order chi connectivity index (χ0) is 14.0. The zero-order valence-corrected chi connectivity index (χ0v) is 13.1. The Morgan fingerprint density at radius 1 is 1.37 bits per heavy atom. The summed E-state index contributed by atoms with van der Waals surface area (Å²) >= 11 is 3.26.